The normalized spacial score (nSPS) is 11.1. The van der Waals surface area contributed by atoms with E-state index in [1.807, 2.05) is 17.8 Å². The van der Waals surface area contributed by atoms with E-state index in [4.69, 9.17) is 0 Å². The second-order valence-electron chi connectivity index (χ2n) is 4.19. The van der Waals surface area contributed by atoms with Gasteiger partial charge in [0, 0.05) is 21.7 Å². The number of benzene rings is 1. The first-order chi connectivity index (χ1) is 8.20. The maximum absolute atomic E-state index is 3.56. The lowest BCUT2D eigenvalue weighted by Gasteiger charge is -2.09. The van der Waals surface area contributed by atoms with Crippen LogP contribution in [0.15, 0.2) is 33.6 Å². The lowest BCUT2D eigenvalue weighted by Crippen LogP contribution is -2.23. The number of rotatable bonds is 8. The van der Waals surface area contributed by atoms with Gasteiger partial charge in [-0.3, -0.25) is 0 Å². The van der Waals surface area contributed by atoms with E-state index in [0.717, 1.165) is 25.4 Å². The Labute approximate surface area is 117 Å². The SMILES string of the molecule is CN(C)CCCNCCSc1ccccc1Br. The highest BCUT2D eigenvalue weighted by atomic mass is 79.9. The Morgan fingerprint density at radius 2 is 2.00 bits per heavy atom. The van der Waals surface area contributed by atoms with E-state index < -0.39 is 0 Å². The van der Waals surface area contributed by atoms with E-state index in [9.17, 15) is 0 Å². The van der Waals surface area contributed by atoms with Gasteiger partial charge in [0.2, 0.25) is 0 Å². The van der Waals surface area contributed by atoms with Crippen molar-refractivity contribution in [2.45, 2.75) is 11.3 Å². The second-order valence-corrected chi connectivity index (χ2v) is 6.18. The number of nitrogens with one attached hydrogen (secondary N) is 1. The maximum atomic E-state index is 3.56. The molecule has 4 heteroatoms. The van der Waals surface area contributed by atoms with Crippen LogP contribution < -0.4 is 5.32 Å². The summed E-state index contributed by atoms with van der Waals surface area (Å²) in [4.78, 5) is 3.54. The van der Waals surface area contributed by atoms with Crippen molar-refractivity contribution in [3.8, 4) is 0 Å². The molecule has 1 rings (SSSR count). The fourth-order valence-corrected chi connectivity index (χ4v) is 2.92. The monoisotopic (exact) mass is 316 g/mol. The van der Waals surface area contributed by atoms with Crippen molar-refractivity contribution in [3.63, 3.8) is 0 Å². The third-order valence-electron chi connectivity index (χ3n) is 2.33. The van der Waals surface area contributed by atoms with Crippen LogP contribution in [0, 0.1) is 0 Å². The Morgan fingerprint density at radius 3 is 2.71 bits per heavy atom. The molecular weight excluding hydrogens is 296 g/mol. The minimum Gasteiger partial charge on any atom is -0.316 e. The molecule has 0 radical (unpaired) electrons. The molecule has 1 aromatic rings. The lowest BCUT2D eigenvalue weighted by molar-refractivity contribution is 0.396. The summed E-state index contributed by atoms with van der Waals surface area (Å²) in [6.07, 6.45) is 1.21. The van der Waals surface area contributed by atoms with Gasteiger partial charge in [-0.1, -0.05) is 12.1 Å². The van der Waals surface area contributed by atoms with E-state index in [2.05, 4.69) is 58.4 Å². The van der Waals surface area contributed by atoms with Gasteiger partial charge >= 0.3 is 0 Å². The molecule has 0 bridgehead atoms. The molecule has 96 valence electrons. The summed E-state index contributed by atoms with van der Waals surface area (Å²) < 4.78 is 1.19. The van der Waals surface area contributed by atoms with Crippen LogP contribution in [-0.4, -0.2) is 44.4 Å². The summed E-state index contributed by atoms with van der Waals surface area (Å²) in [5, 5.41) is 3.47. The molecule has 0 heterocycles. The molecule has 0 unspecified atom stereocenters. The van der Waals surface area contributed by atoms with Crippen molar-refractivity contribution in [2.75, 3.05) is 39.5 Å². The Hall–Kier alpha value is -0.0300. The van der Waals surface area contributed by atoms with Gasteiger partial charge in [0.15, 0.2) is 0 Å². The molecule has 0 saturated heterocycles. The number of halogens is 1. The fourth-order valence-electron chi connectivity index (χ4n) is 1.44. The summed E-state index contributed by atoms with van der Waals surface area (Å²) in [6.45, 7) is 3.33. The predicted octanol–water partition coefficient (Wildman–Crippen LogP) is 3.08. The van der Waals surface area contributed by atoms with Gasteiger partial charge in [-0.2, -0.15) is 0 Å². The van der Waals surface area contributed by atoms with E-state index in [1.165, 1.54) is 15.8 Å². The number of hydrogen-bond acceptors (Lipinski definition) is 3. The van der Waals surface area contributed by atoms with Crippen LogP contribution in [0.5, 0.6) is 0 Å². The molecular formula is C13H21BrN2S. The van der Waals surface area contributed by atoms with Gasteiger partial charge in [0.05, 0.1) is 0 Å². The molecule has 0 atom stereocenters. The highest BCUT2D eigenvalue weighted by Crippen LogP contribution is 2.26. The third kappa shape index (κ3) is 7.09. The average Bonchev–Trinajstić information content (AvgIpc) is 2.30. The van der Waals surface area contributed by atoms with Crippen LogP contribution in [0.1, 0.15) is 6.42 Å². The van der Waals surface area contributed by atoms with Crippen LogP contribution in [-0.2, 0) is 0 Å². The second kappa shape index (κ2) is 8.97. The molecule has 0 spiro atoms. The lowest BCUT2D eigenvalue weighted by atomic mass is 10.4. The van der Waals surface area contributed by atoms with Crippen molar-refractivity contribution in [1.29, 1.82) is 0 Å². The first-order valence-corrected chi connectivity index (χ1v) is 7.71. The molecule has 0 aliphatic heterocycles. The van der Waals surface area contributed by atoms with Crippen LogP contribution in [0.2, 0.25) is 0 Å². The van der Waals surface area contributed by atoms with Crippen molar-refractivity contribution < 1.29 is 0 Å². The van der Waals surface area contributed by atoms with Gasteiger partial charge in [-0.15, -0.1) is 11.8 Å². The maximum Gasteiger partial charge on any atom is 0.0311 e. The summed E-state index contributed by atoms with van der Waals surface area (Å²) in [5.41, 5.74) is 0. The summed E-state index contributed by atoms with van der Waals surface area (Å²) >= 11 is 5.45. The molecule has 17 heavy (non-hydrogen) atoms. The molecule has 0 fully saturated rings. The van der Waals surface area contributed by atoms with Crippen molar-refractivity contribution in [2.24, 2.45) is 0 Å². The molecule has 1 N–H and O–H groups in total. The highest BCUT2D eigenvalue weighted by molar-refractivity contribution is 9.10. The Bertz CT molecular complexity index is 318. The van der Waals surface area contributed by atoms with E-state index in [0.29, 0.717) is 0 Å². The number of thioether (sulfide) groups is 1. The molecule has 2 nitrogen and oxygen atoms in total. The first-order valence-electron chi connectivity index (χ1n) is 5.93. The van der Waals surface area contributed by atoms with Gasteiger partial charge in [-0.05, 0) is 61.7 Å². The van der Waals surface area contributed by atoms with Crippen molar-refractivity contribution >= 4 is 27.7 Å². The Kier molecular flexibility index (Phi) is 7.93. The number of hydrogen-bond donors (Lipinski definition) is 1. The van der Waals surface area contributed by atoms with Crippen LogP contribution in [0.25, 0.3) is 0 Å². The molecule has 0 saturated carbocycles. The standard InChI is InChI=1S/C13H21BrN2S/c1-16(2)10-5-8-15-9-11-17-13-7-4-3-6-12(13)14/h3-4,6-7,15H,5,8-11H2,1-2H3. The van der Waals surface area contributed by atoms with Gasteiger partial charge in [0.25, 0.3) is 0 Å². The number of nitrogens with zero attached hydrogens (tertiary/aromatic N) is 1. The van der Waals surface area contributed by atoms with Crippen molar-refractivity contribution in [1.82, 2.24) is 10.2 Å². The largest absolute Gasteiger partial charge is 0.316 e. The minimum absolute atomic E-state index is 1.07. The van der Waals surface area contributed by atoms with Gasteiger partial charge < -0.3 is 10.2 Å². The average molecular weight is 317 g/mol. The summed E-state index contributed by atoms with van der Waals surface area (Å²) in [6, 6.07) is 8.37. The van der Waals surface area contributed by atoms with Gasteiger partial charge in [-0.25, -0.2) is 0 Å². The molecule has 0 amide bonds. The van der Waals surface area contributed by atoms with Crippen LogP contribution in [0.4, 0.5) is 0 Å². The smallest absolute Gasteiger partial charge is 0.0311 e. The zero-order valence-electron chi connectivity index (χ0n) is 10.6. The van der Waals surface area contributed by atoms with Crippen LogP contribution in [0.3, 0.4) is 0 Å². The Balaban J connectivity index is 2.03. The van der Waals surface area contributed by atoms with E-state index in [-0.39, 0.29) is 0 Å². The Morgan fingerprint density at radius 1 is 1.24 bits per heavy atom. The van der Waals surface area contributed by atoms with Crippen molar-refractivity contribution in [3.05, 3.63) is 28.7 Å². The van der Waals surface area contributed by atoms with E-state index >= 15 is 0 Å². The topological polar surface area (TPSA) is 15.3 Å². The zero-order valence-corrected chi connectivity index (χ0v) is 13.0. The summed E-state index contributed by atoms with van der Waals surface area (Å²) in [7, 11) is 4.23. The molecule has 0 aromatic heterocycles. The highest BCUT2D eigenvalue weighted by Gasteiger charge is 1.98. The van der Waals surface area contributed by atoms with E-state index in [1.54, 1.807) is 0 Å². The van der Waals surface area contributed by atoms with Gasteiger partial charge in [0.1, 0.15) is 0 Å². The fraction of sp³-hybridized carbons (Fsp3) is 0.538. The molecule has 0 aliphatic rings. The first kappa shape index (κ1) is 15.0. The zero-order chi connectivity index (χ0) is 12.5. The minimum atomic E-state index is 1.07. The third-order valence-corrected chi connectivity index (χ3v) is 4.36. The molecule has 0 aliphatic carbocycles. The predicted molar refractivity (Wildman–Crippen MR) is 80.9 cm³/mol. The molecule has 1 aromatic carbocycles. The summed E-state index contributed by atoms with van der Waals surface area (Å²) in [5.74, 6) is 1.12. The van der Waals surface area contributed by atoms with Crippen LogP contribution >= 0.6 is 27.7 Å². The quantitative estimate of drug-likeness (QED) is 0.586.